The molecule has 1 saturated heterocycles. The van der Waals surface area contributed by atoms with Gasteiger partial charge < -0.3 is 10.2 Å². The summed E-state index contributed by atoms with van der Waals surface area (Å²) < 4.78 is 1.70. The maximum atomic E-state index is 13.0. The second kappa shape index (κ2) is 11.6. The van der Waals surface area contributed by atoms with Crippen LogP contribution in [0, 0.1) is 11.8 Å². The van der Waals surface area contributed by atoms with Crippen LogP contribution in [-0.4, -0.2) is 51.2 Å². The Hall–Kier alpha value is -2.21. The van der Waals surface area contributed by atoms with Crippen LogP contribution in [0.1, 0.15) is 81.5 Å². The molecule has 6 nitrogen and oxygen atoms in total. The molecule has 2 aromatic rings. The Kier molecular flexibility index (Phi) is 8.32. The predicted molar refractivity (Wildman–Crippen MR) is 128 cm³/mol. The zero-order valence-electron chi connectivity index (χ0n) is 19.6. The average molecular weight is 438 g/mol. The van der Waals surface area contributed by atoms with Crippen LogP contribution in [0.15, 0.2) is 36.8 Å². The number of aromatic nitrogens is 3. The van der Waals surface area contributed by atoms with Gasteiger partial charge in [-0.15, -0.1) is 0 Å². The topological polar surface area (TPSA) is 63.1 Å². The van der Waals surface area contributed by atoms with Gasteiger partial charge >= 0.3 is 0 Å². The van der Waals surface area contributed by atoms with Crippen LogP contribution in [0.4, 0.5) is 0 Å². The van der Waals surface area contributed by atoms with Crippen molar-refractivity contribution in [2.75, 3.05) is 19.6 Å². The van der Waals surface area contributed by atoms with Gasteiger partial charge in [-0.25, -0.2) is 9.67 Å². The maximum Gasteiger partial charge on any atom is 0.253 e. The molecule has 3 heterocycles. The lowest BCUT2D eigenvalue weighted by Crippen LogP contribution is -2.48. The van der Waals surface area contributed by atoms with E-state index in [1.165, 1.54) is 70.9 Å². The molecule has 3 atom stereocenters. The van der Waals surface area contributed by atoms with Gasteiger partial charge in [-0.1, -0.05) is 39.0 Å². The first-order valence-electron chi connectivity index (χ1n) is 12.7. The second-order valence-electron chi connectivity index (χ2n) is 9.74. The van der Waals surface area contributed by atoms with Crippen molar-refractivity contribution >= 4 is 5.91 Å². The molecule has 2 aromatic heterocycles. The van der Waals surface area contributed by atoms with E-state index in [1.807, 2.05) is 24.4 Å². The first-order valence-corrected chi connectivity index (χ1v) is 12.7. The number of hydrogen-bond donors (Lipinski definition) is 1. The number of amides is 1. The molecule has 2 fully saturated rings. The molecule has 0 radical (unpaired) electrons. The zero-order valence-corrected chi connectivity index (χ0v) is 19.6. The Bertz CT molecular complexity index is 819. The number of pyridine rings is 1. The number of rotatable bonds is 9. The molecule has 1 amide bonds. The summed E-state index contributed by atoms with van der Waals surface area (Å²) in [5.74, 6) is 2.14. The van der Waals surface area contributed by atoms with E-state index in [1.54, 1.807) is 17.1 Å². The fourth-order valence-electron chi connectivity index (χ4n) is 5.50. The quantitative estimate of drug-likeness (QED) is 0.570. The third kappa shape index (κ3) is 6.18. The van der Waals surface area contributed by atoms with Crippen LogP contribution in [0.25, 0.3) is 5.82 Å². The second-order valence-corrected chi connectivity index (χ2v) is 9.74. The number of carbonyl (C=O) groups is 1. The standard InChI is InChI=1S/C26H39N5O/c1-2-3-4-9-21-10-7-16-30(19-21)20-23-11-5-6-12-24(23)29-26(32)22-13-14-25(27-18-22)31-17-8-15-28-31/h8,13-15,17-18,21,23-24H,2-7,9-12,16,19-20H2,1H3,(H,29,32)/t21?,23-,24+/m0/s1. The van der Waals surface area contributed by atoms with Gasteiger partial charge in [-0.2, -0.15) is 5.10 Å². The summed E-state index contributed by atoms with van der Waals surface area (Å²) in [4.78, 5) is 20.1. The zero-order chi connectivity index (χ0) is 22.2. The Balaban J connectivity index is 1.31. The third-order valence-electron chi connectivity index (χ3n) is 7.29. The Morgan fingerprint density at radius 2 is 2.06 bits per heavy atom. The summed E-state index contributed by atoms with van der Waals surface area (Å²) in [7, 11) is 0. The van der Waals surface area contributed by atoms with Gasteiger partial charge in [-0.05, 0) is 68.7 Å². The molecule has 174 valence electrons. The molecule has 2 aliphatic rings. The number of carbonyl (C=O) groups excluding carboxylic acids is 1. The van der Waals surface area contributed by atoms with Crippen LogP contribution in [-0.2, 0) is 0 Å². The number of likely N-dealkylation sites (tertiary alicyclic amines) is 1. The minimum absolute atomic E-state index is 0.00231. The van der Waals surface area contributed by atoms with Crippen LogP contribution >= 0.6 is 0 Å². The molecule has 4 rings (SSSR count). The number of nitrogens with one attached hydrogen (secondary N) is 1. The fourth-order valence-corrected chi connectivity index (χ4v) is 5.50. The summed E-state index contributed by atoms with van der Waals surface area (Å²) in [5, 5.41) is 7.55. The largest absolute Gasteiger partial charge is 0.349 e. The average Bonchev–Trinajstić information content (AvgIpc) is 3.36. The van der Waals surface area contributed by atoms with E-state index in [4.69, 9.17) is 0 Å². The smallest absolute Gasteiger partial charge is 0.253 e. The van der Waals surface area contributed by atoms with E-state index in [0.29, 0.717) is 11.5 Å². The van der Waals surface area contributed by atoms with Crippen molar-refractivity contribution in [2.45, 2.75) is 77.2 Å². The van der Waals surface area contributed by atoms with E-state index >= 15 is 0 Å². The van der Waals surface area contributed by atoms with Gasteiger partial charge in [0, 0.05) is 37.7 Å². The highest BCUT2D eigenvalue weighted by Crippen LogP contribution is 2.28. The molecule has 0 bridgehead atoms. The van der Waals surface area contributed by atoms with Gasteiger partial charge in [0.15, 0.2) is 5.82 Å². The number of piperidine rings is 1. The SMILES string of the molecule is CCCCCC1CCCN(C[C@@H]2CCCC[C@H]2NC(=O)c2ccc(-n3cccn3)nc2)C1. The molecule has 6 heteroatoms. The maximum absolute atomic E-state index is 13.0. The summed E-state index contributed by atoms with van der Waals surface area (Å²) in [5.41, 5.74) is 0.624. The van der Waals surface area contributed by atoms with Gasteiger partial charge in [0.25, 0.3) is 5.91 Å². The Morgan fingerprint density at radius 1 is 1.16 bits per heavy atom. The van der Waals surface area contributed by atoms with Crippen molar-refractivity contribution in [1.82, 2.24) is 25.0 Å². The molecule has 1 saturated carbocycles. The monoisotopic (exact) mass is 437 g/mol. The molecule has 0 aromatic carbocycles. The van der Waals surface area contributed by atoms with Gasteiger partial charge in [-0.3, -0.25) is 4.79 Å². The summed E-state index contributed by atoms with van der Waals surface area (Å²) in [6.45, 7) is 5.89. The lowest BCUT2D eigenvalue weighted by molar-refractivity contribution is 0.0852. The number of hydrogen-bond acceptors (Lipinski definition) is 4. The predicted octanol–water partition coefficient (Wildman–Crippen LogP) is 4.85. The van der Waals surface area contributed by atoms with E-state index in [9.17, 15) is 4.79 Å². The molecule has 1 N–H and O–H groups in total. The van der Waals surface area contributed by atoms with Crippen molar-refractivity contribution in [3.05, 3.63) is 42.4 Å². The highest BCUT2D eigenvalue weighted by molar-refractivity contribution is 5.94. The van der Waals surface area contributed by atoms with Crippen LogP contribution in [0.5, 0.6) is 0 Å². The van der Waals surface area contributed by atoms with E-state index < -0.39 is 0 Å². The molecule has 1 unspecified atom stereocenters. The van der Waals surface area contributed by atoms with Gasteiger partial charge in [0.05, 0.1) is 5.56 Å². The van der Waals surface area contributed by atoms with Crippen molar-refractivity contribution < 1.29 is 4.79 Å². The third-order valence-corrected chi connectivity index (χ3v) is 7.29. The Labute approximate surface area is 192 Å². The highest BCUT2D eigenvalue weighted by Gasteiger charge is 2.30. The first-order chi connectivity index (χ1) is 15.7. The van der Waals surface area contributed by atoms with Crippen molar-refractivity contribution in [3.63, 3.8) is 0 Å². The Morgan fingerprint density at radius 3 is 2.84 bits per heavy atom. The highest BCUT2D eigenvalue weighted by atomic mass is 16.1. The van der Waals surface area contributed by atoms with E-state index in [0.717, 1.165) is 24.7 Å². The number of unbranched alkanes of at least 4 members (excludes halogenated alkanes) is 2. The minimum atomic E-state index is -0.00231. The summed E-state index contributed by atoms with van der Waals surface area (Å²) in [6, 6.07) is 5.83. The lowest BCUT2D eigenvalue weighted by atomic mass is 9.83. The van der Waals surface area contributed by atoms with E-state index in [-0.39, 0.29) is 11.9 Å². The van der Waals surface area contributed by atoms with Crippen molar-refractivity contribution in [2.24, 2.45) is 11.8 Å². The fraction of sp³-hybridized carbons (Fsp3) is 0.654. The number of nitrogens with zero attached hydrogens (tertiary/aromatic N) is 4. The molecular formula is C26H39N5O. The van der Waals surface area contributed by atoms with Crippen molar-refractivity contribution in [1.29, 1.82) is 0 Å². The molecular weight excluding hydrogens is 398 g/mol. The van der Waals surface area contributed by atoms with Crippen molar-refractivity contribution in [3.8, 4) is 5.82 Å². The first kappa shape index (κ1) is 23.0. The van der Waals surface area contributed by atoms with Crippen LogP contribution < -0.4 is 5.32 Å². The van der Waals surface area contributed by atoms with E-state index in [2.05, 4.69) is 27.2 Å². The summed E-state index contributed by atoms with van der Waals surface area (Å²) in [6.07, 6.45) is 18.2. The molecule has 1 aliphatic heterocycles. The van der Waals surface area contributed by atoms with Crippen LogP contribution in [0.3, 0.4) is 0 Å². The molecule has 32 heavy (non-hydrogen) atoms. The minimum Gasteiger partial charge on any atom is -0.349 e. The van der Waals surface area contributed by atoms with Gasteiger partial charge in [0.1, 0.15) is 0 Å². The van der Waals surface area contributed by atoms with Crippen LogP contribution in [0.2, 0.25) is 0 Å². The normalized spacial score (nSPS) is 24.3. The summed E-state index contributed by atoms with van der Waals surface area (Å²) >= 11 is 0. The molecule has 0 spiro atoms. The lowest BCUT2D eigenvalue weighted by Gasteiger charge is -2.39. The molecule has 1 aliphatic carbocycles. The van der Waals surface area contributed by atoms with Gasteiger partial charge in [0.2, 0.25) is 0 Å².